The lowest BCUT2D eigenvalue weighted by Crippen LogP contribution is -2.64. The second-order valence-electron chi connectivity index (χ2n) is 9.47. The molecule has 3 heterocycles. The summed E-state index contributed by atoms with van der Waals surface area (Å²) in [5.74, 6) is -1.23. The van der Waals surface area contributed by atoms with Crippen LogP contribution in [0.1, 0.15) is 45.3 Å². The van der Waals surface area contributed by atoms with E-state index in [-0.39, 0.29) is 43.7 Å². The highest BCUT2D eigenvalue weighted by molar-refractivity contribution is 5.82. The van der Waals surface area contributed by atoms with Crippen molar-refractivity contribution >= 4 is 17.8 Å². The van der Waals surface area contributed by atoms with Gasteiger partial charge >= 0.3 is 11.9 Å². The Morgan fingerprint density at radius 1 is 1.21 bits per heavy atom. The fourth-order valence-electron chi connectivity index (χ4n) is 5.39. The molecule has 3 aliphatic heterocycles. The standard InChI is InChI=1S/C24H31NO8/c1-4-31-22(29)24-11-16-21(15-7-5-6-8-17(15)33-23(16,2)3)32-18(24)9-10-25(14-24)19(26)12-30-13-20(27)28/h5-8,16,18,21H,4,9-14H2,1-3H3,(H,27,28)/t16-,18-,21+,24-/m1/s1. The van der Waals surface area contributed by atoms with Gasteiger partial charge < -0.3 is 29.0 Å². The first kappa shape index (κ1) is 23.5. The van der Waals surface area contributed by atoms with Gasteiger partial charge in [0.15, 0.2) is 0 Å². The summed E-state index contributed by atoms with van der Waals surface area (Å²) in [6.07, 6.45) is 0.278. The second kappa shape index (κ2) is 8.95. The number of esters is 1. The third-order valence-corrected chi connectivity index (χ3v) is 6.99. The fraction of sp³-hybridized carbons (Fsp3) is 0.625. The Kier molecular flexibility index (Phi) is 6.37. The van der Waals surface area contributed by atoms with E-state index >= 15 is 0 Å². The van der Waals surface area contributed by atoms with Crippen LogP contribution in [0, 0.1) is 11.3 Å². The van der Waals surface area contributed by atoms with Crippen molar-refractivity contribution in [2.24, 2.45) is 11.3 Å². The van der Waals surface area contributed by atoms with Gasteiger partial charge in [0.1, 0.15) is 30.0 Å². The number of hydrogen-bond donors (Lipinski definition) is 1. The van der Waals surface area contributed by atoms with Crippen molar-refractivity contribution in [2.75, 3.05) is 32.9 Å². The molecule has 4 rings (SSSR count). The van der Waals surface area contributed by atoms with E-state index in [4.69, 9.17) is 24.1 Å². The summed E-state index contributed by atoms with van der Waals surface area (Å²) in [5, 5.41) is 8.75. The number of piperidine rings is 1. The van der Waals surface area contributed by atoms with Crippen LogP contribution < -0.4 is 4.74 Å². The molecule has 0 spiro atoms. The predicted molar refractivity (Wildman–Crippen MR) is 116 cm³/mol. The number of hydrogen-bond acceptors (Lipinski definition) is 7. The van der Waals surface area contributed by atoms with E-state index < -0.39 is 29.7 Å². The molecule has 0 radical (unpaired) electrons. The molecule has 9 nitrogen and oxygen atoms in total. The molecule has 3 aliphatic rings. The van der Waals surface area contributed by atoms with Crippen molar-refractivity contribution in [3.63, 3.8) is 0 Å². The van der Waals surface area contributed by atoms with Crippen LogP contribution in [0.25, 0.3) is 0 Å². The molecule has 0 aliphatic carbocycles. The average molecular weight is 462 g/mol. The molecule has 1 aromatic rings. The minimum atomic E-state index is -1.14. The van der Waals surface area contributed by atoms with Crippen molar-refractivity contribution in [3.8, 4) is 5.75 Å². The van der Waals surface area contributed by atoms with E-state index in [1.54, 1.807) is 11.8 Å². The highest BCUT2D eigenvalue weighted by Gasteiger charge is 2.61. The van der Waals surface area contributed by atoms with Crippen molar-refractivity contribution in [3.05, 3.63) is 29.8 Å². The molecule has 9 heteroatoms. The molecule has 0 aromatic heterocycles. The molecule has 2 saturated heterocycles. The number of likely N-dealkylation sites (tertiary alicyclic amines) is 1. The van der Waals surface area contributed by atoms with Gasteiger partial charge in [-0.3, -0.25) is 9.59 Å². The van der Waals surface area contributed by atoms with Crippen LogP contribution >= 0.6 is 0 Å². The molecular weight excluding hydrogens is 430 g/mol. The molecule has 33 heavy (non-hydrogen) atoms. The maximum atomic E-state index is 13.4. The number of carbonyl (C=O) groups excluding carboxylic acids is 2. The van der Waals surface area contributed by atoms with Gasteiger partial charge in [-0.2, -0.15) is 0 Å². The van der Waals surface area contributed by atoms with Gasteiger partial charge in [-0.1, -0.05) is 18.2 Å². The molecule has 0 bridgehead atoms. The predicted octanol–water partition coefficient (Wildman–Crippen LogP) is 2.19. The van der Waals surface area contributed by atoms with E-state index in [2.05, 4.69) is 0 Å². The van der Waals surface area contributed by atoms with Gasteiger partial charge in [0.2, 0.25) is 5.91 Å². The second-order valence-corrected chi connectivity index (χ2v) is 9.47. The van der Waals surface area contributed by atoms with Crippen LogP contribution in [-0.2, 0) is 28.6 Å². The summed E-state index contributed by atoms with van der Waals surface area (Å²) in [7, 11) is 0. The lowest BCUT2D eigenvalue weighted by molar-refractivity contribution is -0.231. The summed E-state index contributed by atoms with van der Waals surface area (Å²) in [5.41, 5.74) is -0.662. The molecule has 4 atom stereocenters. The summed E-state index contributed by atoms with van der Waals surface area (Å²) < 4.78 is 23.4. The van der Waals surface area contributed by atoms with Gasteiger partial charge in [0.25, 0.3) is 0 Å². The van der Waals surface area contributed by atoms with E-state index in [9.17, 15) is 14.4 Å². The fourth-order valence-corrected chi connectivity index (χ4v) is 5.39. The Hall–Kier alpha value is -2.65. The Morgan fingerprint density at radius 3 is 2.70 bits per heavy atom. The number of amides is 1. The molecule has 1 amide bonds. The summed E-state index contributed by atoms with van der Waals surface area (Å²) in [6, 6.07) is 7.81. The number of fused-ring (bicyclic) bond motifs is 4. The number of rotatable bonds is 6. The summed E-state index contributed by atoms with van der Waals surface area (Å²) >= 11 is 0. The summed E-state index contributed by atoms with van der Waals surface area (Å²) in [6.45, 7) is 5.58. The monoisotopic (exact) mass is 461 g/mol. The van der Waals surface area contributed by atoms with E-state index in [1.807, 2.05) is 38.1 Å². The molecule has 1 N–H and O–H groups in total. The number of benzene rings is 1. The number of carboxylic acids is 1. The number of carbonyl (C=O) groups is 3. The van der Waals surface area contributed by atoms with Crippen LogP contribution in [0.5, 0.6) is 5.75 Å². The highest BCUT2D eigenvalue weighted by atomic mass is 16.6. The quantitative estimate of drug-likeness (QED) is 0.642. The van der Waals surface area contributed by atoms with Gasteiger partial charge in [0, 0.05) is 24.6 Å². The van der Waals surface area contributed by atoms with Crippen molar-refractivity contribution in [1.82, 2.24) is 4.90 Å². The molecular formula is C24H31NO8. The lowest BCUT2D eigenvalue weighted by atomic mass is 9.63. The first-order valence-corrected chi connectivity index (χ1v) is 11.4. The van der Waals surface area contributed by atoms with Gasteiger partial charge in [0.05, 0.1) is 18.8 Å². The van der Waals surface area contributed by atoms with Crippen molar-refractivity contribution in [1.29, 1.82) is 0 Å². The third-order valence-electron chi connectivity index (χ3n) is 6.99. The van der Waals surface area contributed by atoms with Gasteiger partial charge in [-0.25, -0.2) is 4.79 Å². The molecule has 0 saturated carbocycles. The largest absolute Gasteiger partial charge is 0.487 e. The summed E-state index contributed by atoms with van der Waals surface area (Å²) in [4.78, 5) is 38.4. The molecule has 0 unspecified atom stereocenters. The topological polar surface area (TPSA) is 112 Å². The average Bonchev–Trinajstić information content (AvgIpc) is 2.77. The Bertz CT molecular complexity index is 931. The first-order valence-electron chi connectivity index (χ1n) is 11.4. The van der Waals surface area contributed by atoms with Gasteiger partial charge in [-0.15, -0.1) is 0 Å². The van der Waals surface area contributed by atoms with E-state index in [0.717, 1.165) is 11.3 Å². The number of aliphatic carboxylic acids is 1. The van der Waals surface area contributed by atoms with Crippen LogP contribution in [0.4, 0.5) is 0 Å². The van der Waals surface area contributed by atoms with Crippen molar-refractivity contribution in [2.45, 2.75) is 51.4 Å². The van der Waals surface area contributed by atoms with E-state index in [0.29, 0.717) is 19.4 Å². The van der Waals surface area contributed by atoms with Crippen LogP contribution in [0.2, 0.25) is 0 Å². The van der Waals surface area contributed by atoms with Crippen LogP contribution in [0.15, 0.2) is 24.3 Å². The van der Waals surface area contributed by atoms with Crippen LogP contribution in [0.3, 0.4) is 0 Å². The van der Waals surface area contributed by atoms with Crippen LogP contribution in [-0.4, -0.2) is 72.5 Å². The Balaban J connectivity index is 1.63. The molecule has 1 aromatic carbocycles. The Morgan fingerprint density at radius 2 is 1.97 bits per heavy atom. The minimum Gasteiger partial charge on any atom is -0.487 e. The maximum Gasteiger partial charge on any atom is 0.329 e. The SMILES string of the molecule is CCOC(=O)[C@@]12C[C@@H]3[C@@H](O[C@@H]1CCN(C(=O)COCC(=O)O)C2)c1ccccc1OC3(C)C. The number of ether oxygens (including phenoxy) is 4. The lowest BCUT2D eigenvalue weighted by Gasteiger charge is -2.57. The van der Waals surface area contributed by atoms with Crippen molar-refractivity contribution < 1.29 is 38.4 Å². The normalized spacial score (nSPS) is 29.7. The minimum absolute atomic E-state index is 0.132. The highest BCUT2D eigenvalue weighted by Crippen LogP contribution is 2.57. The Labute approximate surface area is 192 Å². The maximum absolute atomic E-state index is 13.4. The van der Waals surface area contributed by atoms with E-state index in [1.165, 1.54) is 0 Å². The zero-order valence-electron chi connectivity index (χ0n) is 19.2. The number of nitrogens with zero attached hydrogens (tertiary/aromatic N) is 1. The van der Waals surface area contributed by atoms with Gasteiger partial charge in [-0.05, 0) is 39.7 Å². The zero-order valence-corrected chi connectivity index (χ0v) is 19.2. The molecule has 2 fully saturated rings. The third kappa shape index (κ3) is 4.31. The first-order chi connectivity index (χ1) is 15.7. The zero-order chi connectivity index (χ0) is 23.8. The smallest absolute Gasteiger partial charge is 0.329 e. The number of para-hydroxylation sites is 1. The molecule has 180 valence electrons. The number of carboxylic acid groups (broad SMARTS) is 1.